The Morgan fingerprint density at radius 3 is 2.46 bits per heavy atom. The van der Waals surface area contributed by atoms with E-state index in [1.54, 1.807) is 24.3 Å². The van der Waals surface area contributed by atoms with Gasteiger partial charge < -0.3 is 15.5 Å². The summed E-state index contributed by atoms with van der Waals surface area (Å²) in [5.41, 5.74) is 2.62. The second kappa shape index (κ2) is 7.87. The average molecular weight is 349 g/mol. The molecule has 0 aliphatic carbocycles. The first-order chi connectivity index (χ1) is 12.6. The maximum Gasteiger partial charge on any atom is 0.145 e. The number of nitrogens with one attached hydrogen (secondary N) is 1. The molecule has 5 nitrogen and oxygen atoms in total. The van der Waals surface area contributed by atoms with Gasteiger partial charge in [-0.15, -0.1) is 10.2 Å². The molecule has 0 bridgehead atoms. The summed E-state index contributed by atoms with van der Waals surface area (Å²) in [7, 11) is 0. The van der Waals surface area contributed by atoms with Crippen LogP contribution in [-0.2, 0) is 0 Å². The molecule has 5 heteroatoms. The molecule has 0 aliphatic heterocycles. The van der Waals surface area contributed by atoms with E-state index in [1.807, 2.05) is 31.2 Å². The minimum Gasteiger partial charge on any atom is -0.506 e. The molecule has 0 spiro atoms. The summed E-state index contributed by atoms with van der Waals surface area (Å²) in [6.45, 7) is 4.90. The Morgan fingerprint density at radius 2 is 1.69 bits per heavy atom. The highest BCUT2D eigenvalue weighted by Crippen LogP contribution is 2.41. The SMILES string of the molecule is CCCCNc1cc(O)c(N=Nc2cc(C)ccc2O)c2ccccc12. The topological polar surface area (TPSA) is 77.2 Å². The van der Waals surface area contributed by atoms with Gasteiger partial charge in [0.1, 0.15) is 22.9 Å². The molecule has 0 heterocycles. The van der Waals surface area contributed by atoms with Gasteiger partial charge in [0.2, 0.25) is 0 Å². The lowest BCUT2D eigenvalue weighted by atomic mass is 10.1. The number of azo groups is 1. The van der Waals surface area contributed by atoms with Crippen LogP contribution < -0.4 is 5.32 Å². The number of rotatable bonds is 6. The fraction of sp³-hybridized carbons (Fsp3) is 0.238. The Labute approximate surface area is 153 Å². The fourth-order valence-corrected chi connectivity index (χ4v) is 2.81. The molecule has 134 valence electrons. The number of aromatic hydroxyl groups is 2. The van der Waals surface area contributed by atoms with Gasteiger partial charge in [-0.1, -0.05) is 43.7 Å². The van der Waals surface area contributed by atoms with E-state index >= 15 is 0 Å². The normalized spacial score (nSPS) is 11.3. The number of hydrogen-bond acceptors (Lipinski definition) is 5. The number of benzene rings is 3. The van der Waals surface area contributed by atoms with Crippen LogP contribution in [0.25, 0.3) is 10.8 Å². The second-order valence-electron chi connectivity index (χ2n) is 6.31. The Kier molecular flexibility index (Phi) is 5.37. The summed E-state index contributed by atoms with van der Waals surface area (Å²) in [6, 6.07) is 14.6. The van der Waals surface area contributed by atoms with Crippen LogP contribution in [0.4, 0.5) is 17.1 Å². The summed E-state index contributed by atoms with van der Waals surface area (Å²) in [5.74, 6) is 0.111. The number of unbranched alkanes of at least 4 members (excludes halogenated alkanes) is 1. The molecule has 0 aromatic heterocycles. The molecule has 0 aliphatic rings. The number of phenols is 2. The lowest BCUT2D eigenvalue weighted by Gasteiger charge is -2.12. The van der Waals surface area contributed by atoms with E-state index in [0.29, 0.717) is 11.4 Å². The largest absolute Gasteiger partial charge is 0.506 e. The van der Waals surface area contributed by atoms with Gasteiger partial charge >= 0.3 is 0 Å². The number of phenolic OH excluding ortho intramolecular Hbond substituents is 2. The van der Waals surface area contributed by atoms with Gasteiger partial charge in [-0.05, 0) is 31.0 Å². The molecular formula is C21H23N3O2. The highest BCUT2D eigenvalue weighted by atomic mass is 16.3. The summed E-state index contributed by atoms with van der Waals surface area (Å²) < 4.78 is 0. The Hall–Kier alpha value is -3.08. The van der Waals surface area contributed by atoms with Crippen molar-refractivity contribution in [3.63, 3.8) is 0 Å². The molecule has 3 rings (SSSR count). The van der Waals surface area contributed by atoms with E-state index < -0.39 is 0 Å². The molecule has 3 aromatic rings. The van der Waals surface area contributed by atoms with Crippen molar-refractivity contribution in [2.75, 3.05) is 11.9 Å². The predicted octanol–water partition coefficient (Wildman–Crippen LogP) is 6.19. The van der Waals surface area contributed by atoms with Crippen molar-refractivity contribution >= 4 is 27.8 Å². The van der Waals surface area contributed by atoms with Crippen molar-refractivity contribution in [3.05, 3.63) is 54.1 Å². The molecule has 3 aromatic carbocycles. The van der Waals surface area contributed by atoms with E-state index in [2.05, 4.69) is 22.5 Å². The second-order valence-corrected chi connectivity index (χ2v) is 6.31. The number of nitrogens with zero attached hydrogens (tertiary/aromatic N) is 2. The van der Waals surface area contributed by atoms with E-state index in [0.717, 1.165) is 41.4 Å². The van der Waals surface area contributed by atoms with Crippen LogP contribution in [0.1, 0.15) is 25.3 Å². The third-order valence-electron chi connectivity index (χ3n) is 4.23. The van der Waals surface area contributed by atoms with E-state index in [1.165, 1.54) is 0 Å². The zero-order valence-corrected chi connectivity index (χ0v) is 15.0. The van der Waals surface area contributed by atoms with Crippen molar-refractivity contribution in [2.45, 2.75) is 26.7 Å². The first kappa shape index (κ1) is 17.7. The van der Waals surface area contributed by atoms with Crippen LogP contribution >= 0.6 is 0 Å². The van der Waals surface area contributed by atoms with Gasteiger partial charge in [0.15, 0.2) is 0 Å². The molecule has 0 radical (unpaired) electrons. The molecule has 0 saturated heterocycles. The maximum absolute atomic E-state index is 10.5. The van der Waals surface area contributed by atoms with Crippen LogP contribution in [0.5, 0.6) is 11.5 Å². The summed E-state index contributed by atoms with van der Waals surface area (Å²) >= 11 is 0. The number of anilines is 1. The minimum absolute atomic E-state index is 0.0543. The van der Waals surface area contributed by atoms with Crippen molar-refractivity contribution < 1.29 is 10.2 Å². The van der Waals surface area contributed by atoms with Crippen molar-refractivity contribution in [3.8, 4) is 11.5 Å². The quantitative estimate of drug-likeness (QED) is 0.367. The van der Waals surface area contributed by atoms with Crippen LogP contribution in [-0.4, -0.2) is 16.8 Å². The van der Waals surface area contributed by atoms with E-state index in [-0.39, 0.29) is 11.5 Å². The summed E-state index contributed by atoms with van der Waals surface area (Å²) in [5, 5.41) is 34.0. The molecule has 0 saturated carbocycles. The van der Waals surface area contributed by atoms with E-state index in [4.69, 9.17) is 0 Å². The first-order valence-electron chi connectivity index (χ1n) is 8.80. The zero-order valence-electron chi connectivity index (χ0n) is 15.0. The molecule has 0 amide bonds. The van der Waals surface area contributed by atoms with Crippen molar-refractivity contribution in [1.82, 2.24) is 0 Å². The van der Waals surface area contributed by atoms with Crippen LogP contribution in [0, 0.1) is 6.92 Å². The highest BCUT2D eigenvalue weighted by molar-refractivity contribution is 6.03. The maximum atomic E-state index is 10.5. The molecule has 0 fully saturated rings. The third-order valence-corrected chi connectivity index (χ3v) is 4.23. The van der Waals surface area contributed by atoms with Gasteiger partial charge in [0.05, 0.1) is 0 Å². The monoisotopic (exact) mass is 349 g/mol. The Bertz CT molecular complexity index is 951. The lowest BCUT2D eigenvalue weighted by molar-refractivity contribution is 0.474. The predicted molar refractivity (Wildman–Crippen MR) is 106 cm³/mol. The number of fused-ring (bicyclic) bond motifs is 1. The van der Waals surface area contributed by atoms with E-state index in [9.17, 15) is 10.2 Å². The molecule has 26 heavy (non-hydrogen) atoms. The third kappa shape index (κ3) is 3.77. The Balaban J connectivity index is 2.03. The summed E-state index contributed by atoms with van der Waals surface area (Å²) in [6.07, 6.45) is 2.16. The molecular weight excluding hydrogens is 326 g/mol. The van der Waals surface area contributed by atoms with Gasteiger partial charge in [0.25, 0.3) is 0 Å². The first-order valence-corrected chi connectivity index (χ1v) is 8.80. The fourth-order valence-electron chi connectivity index (χ4n) is 2.81. The van der Waals surface area contributed by atoms with Crippen LogP contribution in [0.3, 0.4) is 0 Å². The van der Waals surface area contributed by atoms with Gasteiger partial charge in [-0.2, -0.15) is 0 Å². The summed E-state index contributed by atoms with van der Waals surface area (Å²) in [4.78, 5) is 0. The zero-order chi connectivity index (χ0) is 18.5. The molecule has 0 atom stereocenters. The van der Waals surface area contributed by atoms with Crippen LogP contribution in [0.15, 0.2) is 58.8 Å². The van der Waals surface area contributed by atoms with Gasteiger partial charge in [-0.3, -0.25) is 0 Å². The smallest absolute Gasteiger partial charge is 0.145 e. The van der Waals surface area contributed by atoms with Crippen molar-refractivity contribution in [1.29, 1.82) is 0 Å². The van der Waals surface area contributed by atoms with Crippen molar-refractivity contribution in [2.24, 2.45) is 10.2 Å². The van der Waals surface area contributed by atoms with Crippen LogP contribution in [0.2, 0.25) is 0 Å². The van der Waals surface area contributed by atoms with Gasteiger partial charge in [-0.25, -0.2) is 0 Å². The minimum atomic E-state index is 0.0543. The molecule has 3 N–H and O–H groups in total. The molecule has 0 unspecified atom stereocenters. The lowest BCUT2D eigenvalue weighted by Crippen LogP contribution is -2.01. The number of hydrogen-bond donors (Lipinski definition) is 3. The highest BCUT2D eigenvalue weighted by Gasteiger charge is 2.11. The Morgan fingerprint density at radius 1 is 0.923 bits per heavy atom. The number of aryl methyl sites for hydroxylation is 1. The standard InChI is InChI=1S/C21H23N3O2/c1-3-4-11-22-17-13-20(26)21(16-8-6-5-7-15(16)17)24-23-18-12-14(2)9-10-19(18)25/h5-10,12-13,22,25-26H,3-4,11H2,1-2H3. The van der Waals surface area contributed by atoms with Gasteiger partial charge in [0, 0.05) is 29.1 Å². The average Bonchev–Trinajstić information content (AvgIpc) is 2.64.